The highest BCUT2D eigenvalue weighted by Crippen LogP contribution is 2.22. The molecule has 0 saturated heterocycles. The van der Waals surface area contributed by atoms with Crippen LogP contribution in [-0.2, 0) is 28.3 Å². The van der Waals surface area contributed by atoms with Crippen molar-refractivity contribution < 1.29 is 13.2 Å². The number of hydrogen-bond donors (Lipinski definition) is 1. The van der Waals surface area contributed by atoms with Crippen LogP contribution in [-0.4, -0.2) is 73.4 Å². The molecular weight excluding hydrogens is 378 g/mol. The molecule has 156 valence electrons. The van der Waals surface area contributed by atoms with E-state index in [2.05, 4.69) is 10.3 Å². The SMILES string of the molecule is CCN(CC)S(=O)(=O)c1ccc2c(c1)nc(CCC(=O)NCCN(C)C)n2C. The van der Waals surface area contributed by atoms with Gasteiger partial charge >= 0.3 is 0 Å². The number of sulfonamides is 1. The monoisotopic (exact) mass is 409 g/mol. The number of hydrogen-bond acceptors (Lipinski definition) is 5. The quantitative estimate of drug-likeness (QED) is 0.637. The molecule has 0 aliphatic heterocycles. The second-order valence-electron chi connectivity index (χ2n) is 6.98. The lowest BCUT2D eigenvalue weighted by atomic mass is 10.3. The molecule has 0 bridgehead atoms. The summed E-state index contributed by atoms with van der Waals surface area (Å²) < 4.78 is 28.8. The summed E-state index contributed by atoms with van der Waals surface area (Å²) >= 11 is 0. The molecule has 2 rings (SSSR count). The lowest BCUT2D eigenvalue weighted by molar-refractivity contribution is -0.121. The summed E-state index contributed by atoms with van der Waals surface area (Å²) in [7, 11) is 2.28. The maximum atomic E-state index is 12.7. The molecule has 1 amide bonds. The fourth-order valence-electron chi connectivity index (χ4n) is 3.06. The third kappa shape index (κ3) is 5.09. The van der Waals surface area contributed by atoms with E-state index in [0.29, 0.717) is 38.0 Å². The van der Waals surface area contributed by atoms with E-state index < -0.39 is 10.0 Å². The Bertz CT molecular complexity index is 917. The van der Waals surface area contributed by atoms with E-state index in [1.54, 1.807) is 18.2 Å². The maximum absolute atomic E-state index is 12.7. The number of fused-ring (bicyclic) bond motifs is 1. The zero-order valence-corrected chi connectivity index (χ0v) is 18.2. The van der Waals surface area contributed by atoms with Crippen molar-refractivity contribution >= 4 is 27.0 Å². The molecule has 2 aromatic rings. The van der Waals surface area contributed by atoms with Gasteiger partial charge in [-0.05, 0) is 32.3 Å². The van der Waals surface area contributed by atoms with Crippen molar-refractivity contribution in [3.63, 3.8) is 0 Å². The standard InChI is InChI=1S/C19H31N5O3S/c1-6-24(7-2)28(26,27)15-8-9-17-16(14-15)21-18(23(17)5)10-11-19(25)20-12-13-22(3)4/h8-9,14H,6-7,10-13H2,1-5H3,(H,20,25). The first-order chi connectivity index (χ1) is 13.2. The zero-order valence-electron chi connectivity index (χ0n) is 17.4. The summed E-state index contributed by atoms with van der Waals surface area (Å²) in [6.07, 6.45) is 0.840. The molecule has 1 N–H and O–H groups in total. The second kappa shape index (κ2) is 9.49. The fraction of sp³-hybridized carbons (Fsp3) is 0.579. The summed E-state index contributed by atoms with van der Waals surface area (Å²) in [6, 6.07) is 5.01. The second-order valence-corrected chi connectivity index (χ2v) is 8.92. The Morgan fingerprint density at radius 2 is 1.89 bits per heavy atom. The van der Waals surface area contributed by atoms with Crippen LogP contribution in [0.3, 0.4) is 0 Å². The van der Waals surface area contributed by atoms with Gasteiger partial charge in [0.15, 0.2) is 0 Å². The average molecular weight is 410 g/mol. The van der Waals surface area contributed by atoms with Gasteiger partial charge in [-0.2, -0.15) is 4.31 Å². The Morgan fingerprint density at radius 1 is 1.21 bits per heavy atom. The van der Waals surface area contributed by atoms with Crippen molar-refractivity contribution in [3.05, 3.63) is 24.0 Å². The molecule has 0 radical (unpaired) electrons. The van der Waals surface area contributed by atoms with Crippen molar-refractivity contribution in [1.29, 1.82) is 0 Å². The van der Waals surface area contributed by atoms with Gasteiger partial charge in [0, 0.05) is 46.1 Å². The molecule has 0 aliphatic carbocycles. The molecule has 0 aliphatic rings. The van der Waals surface area contributed by atoms with Crippen LogP contribution in [0.25, 0.3) is 11.0 Å². The minimum Gasteiger partial charge on any atom is -0.355 e. The van der Waals surface area contributed by atoms with Crippen molar-refractivity contribution in [2.24, 2.45) is 7.05 Å². The van der Waals surface area contributed by atoms with Crippen LogP contribution in [0.4, 0.5) is 0 Å². The van der Waals surface area contributed by atoms with Gasteiger partial charge in [0.25, 0.3) is 0 Å². The van der Waals surface area contributed by atoms with E-state index in [1.807, 2.05) is 44.5 Å². The van der Waals surface area contributed by atoms with Crippen molar-refractivity contribution in [2.75, 3.05) is 40.3 Å². The smallest absolute Gasteiger partial charge is 0.243 e. The summed E-state index contributed by atoms with van der Waals surface area (Å²) in [5.41, 5.74) is 1.47. The van der Waals surface area contributed by atoms with Crippen LogP contribution in [0.1, 0.15) is 26.1 Å². The third-order valence-electron chi connectivity index (χ3n) is 4.74. The molecule has 0 unspecified atom stereocenters. The molecule has 0 spiro atoms. The van der Waals surface area contributed by atoms with E-state index in [1.165, 1.54) is 4.31 Å². The number of imidazole rings is 1. The molecule has 8 nitrogen and oxygen atoms in total. The first-order valence-electron chi connectivity index (χ1n) is 9.57. The Hall–Kier alpha value is -1.97. The summed E-state index contributed by atoms with van der Waals surface area (Å²) in [6.45, 7) is 5.90. The summed E-state index contributed by atoms with van der Waals surface area (Å²) in [5.74, 6) is 0.744. The number of rotatable bonds is 10. The van der Waals surface area contributed by atoms with E-state index >= 15 is 0 Å². The number of nitrogens with one attached hydrogen (secondary N) is 1. The largest absolute Gasteiger partial charge is 0.355 e. The van der Waals surface area contributed by atoms with Crippen molar-refractivity contribution in [1.82, 2.24) is 24.1 Å². The van der Waals surface area contributed by atoms with Gasteiger partial charge < -0.3 is 14.8 Å². The molecule has 9 heteroatoms. The minimum absolute atomic E-state index is 0.0151. The van der Waals surface area contributed by atoms with Gasteiger partial charge in [0.2, 0.25) is 15.9 Å². The van der Waals surface area contributed by atoms with Gasteiger partial charge in [-0.1, -0.05) is 13.8 Å². The molecule has 0 fully saturated rings. The van der Waals surface area contributed by atoms with Gasteiger partial charge in [0.1, 0.15) is 5.82 Å². The number of likely N-dealkylation sites (N-methyl/N-ethyl adjacent to an activating group) is 1. The third-order valence-corrected chi connectivity index (χ3v) is 6.79. The molecule has 1 aromatic heterocycles. The molecule has 1 heterocycles. The number of amides is 1. The zero-order chi connectivity index (χ0) is 20.9. The van der Waals surface area contributed by atoms with E-state index in [-0.39, 0.29) is 10.8 Å². The van der Waals surface area contributed by atoms with Crippen molar-refractivity contribution in [2.45, 2.75) is 31.6 Å². The predicted molar refractivity (Wildman–Crippen MR) is 111 cm³/mol. The average Bonchev–Trinajstić information content (AvgIpc) is 2.96. The van der Waals surface area contributed by atoms with Crippen LogP contribution in [0.2, 0.25) is 0 Å². The van der Waals surface area contributed by atoms with E-state index in [9.17, 15) is 13.2 Å². The predicted octanol–water partition coefficient (Wildman–Crippen LogP) is 1.21. The van der Waals surface area contributed by atoms with Crippen molar-refractivity contribution in [3.8, 4) is 0 Å². The number of benzene rings is 1. The van der Waals surface area contributed by atoms with Crippen LogP contribution >= 0.6 is 0 Å². The highest BCUT2D eigenvalue weighted by Gasteiger charge is 2.22. The van der Waals surface area contributed by atoms with Crippen LogP contribution in [0.15, 0.2) is 23.1 Å². The maximum Gasteiger partial charge on any atom is 0.243 e. The number of aryl methyl sites for hydroxylation is 2. The summed E-state index contributed by atoms with van der Waals surface area (Å²) in [4.78, 5) is 18.8. The minimum atomic E-state index is -3.52. The Kier molecular flexibility index (Phi) is 7.56. The van der Waals surface area contributed by atoms with Crippen LogP contribution in [0, 0.1) is 0 Å². The van der Waals surface area contributed by atoms with Gasteiger partial charge in [-0.25, -0.2) is 13.4 Å². The Labute approximate surface area is 167 Å². The van der Waals surface area contributed by atoms with Crippen LogP contribution in [0.5, 0.6) is 0 Å². The highest BCUT2D eigenvalue weighted by atomic mass is 32.2. The molecule has 0 saturated carbocycles. The number of carbonyl (C=O) groups excluding carboxylic acids is 1. The number of nitrogens with zero attached hydrogens (tertiary/aromatic N) is 4. The first kappa shape index (κ1) is 22.3. The topological polar surface area (TPSA) is 87.5 Å². The Morgan fingerprint density at radius 3 is 2.50 bits per heavy atom. The molecule has 0 atom stereocenters. The lowest BCUT2D eigenvalue weighted by Gasteiger charge is -2.18. The first-order valence-corrected chi connectivity index (χ1v) is 11.0. The van der Waals surface area contributed by atoms with E-state index in [4.69, 9.17) is 0 Å². The fourth-order valence-corrected chi connectivity index (χ4v) is 4.54. The van der Waals surface area contributed by atoms with Crippen LogP contribution < -0.4 is 5.32 Å². The molecule has 28 heavy (non-hydrogen) atoms. The van der Waals surface area contributed by atoms with Gasteiger partial charge in [0.05, 0.1) is 15.9 Å². The van der Waals surface area contributed by atoms with Gasteiger partial charge in [-0.15, -0.1) is 0 Å². The number of carbonyl (C=O) groups is 1. The molecular formula is C19H31N5O3S. The lowest BCUT2D eigenvalue weighted by Crippen LogP contribution is -2.31. The Balaban J connectivity index is 2.15. The normalized spacial score (nSPS) is 12.2. The molecule has 1 aromatic carbocycles. The van der Waals surface area contributed by atoms with Gasteiger partial charge in [-0.3, -0.25) is 4.79 Å². The van der Waals surface area contributed by atoms with E-state index in [0.717, 1.165) is 17.9 Å². The summed E-state index contributed by atoms with van der Waals surface area (Å²) in [5, 5.41) is 2.89. The number of aromatic nitrogens is 2. The highest BCUT2D eigenvalue weighted by molar-refractivity contribution is 7.89.